The summed E-state index contributed by atoms with van der Waals surface area (Å²) < 4.78 is 0. The average Bonchev–Trinajstić information content (AvgIpc) is 3.05. The number of aromatic amines is 1. The lowest BCUT2D eigenvalue weighted by Crippen LogP contribution is -2.36. The van der Waals surface area contributed by atoms with Gasteiger partial charge in [0, 0.05) is 24.4 Å². The van der Waals surface area contributed by atoms with E-state index in [4.69, 9.17) is 5.73 Å². The molecular formula is C21H28N4O2. The first-order chi connectivity index (χ1) is 12.7. The van der Waals surface area contributed by atoms with Gasteiger partial charge in [0.1, 0.15) is 11.4 Å². The zero-order chi connectivity index (χ0) is 19.8. The third kappa shape index (κ3) is 3.81. The van der Waals surface area contributed by atoms with Crippen molar-refractivity contribution >= 4 is 5.91 Å². The van der Waals surface area contributed by atoms with E-state index in [2.05, 4.69) is 22.1 Å². The maximum absolute atomic E-state index is 13.1. The fourth-order valence-corrected chi connectivity index (χ4v) is 3.70. The molecule has 0 aliphatic carbocycles. The number of amides is 1. The number of H-pyrrole nitrogens is 1. The molecule has 27 heavy (non-hydrogen) atoms. The largest absolute Gasteiger partial charge is 0.337 e. The molecule has 0 radical (unpaired) electrons. The Kier molecular flexibility index (Phi) is 5.20. The van der Waals surface area contributed by atoms with Gasteiger partial charge in [0.2, 0.25) is 0 Å². The summed E-state index contributed by atoms with van der Waals surface area (Å²) in [5.41, 5.74) is 7.09. The second kappa shape index (κ2) is 7.27. The Bertz CT molecular complexity index is 883. The second-order valence-corrected chi connectivity index (χ2v) is 8.35. The van der Waals surface area contributed by atoms with Crippen LogP contribution in [0.4, 0.5) is 0 Å². The van der Waals surface area contributed by atoms with Crippen molar-refractivity contribution in [3.63, 3.8) is 0 Å². The van der Waals surface area contributed by atoms with Crippen molar-refractivity contribution in [3.05, 3.63) is 63.3 Å². The van der Waals surface area contributed by atoms with Crippen LogP contribution in [0.25, 0.3) is 0 Å². The molecule has 1 aliphatic heterocycles. The van der Waals surface area contributed by atoms with E-state index < -0.39 is 0 Å². The van der Waals surface area contributed by atoms with Gasteiger partial charge in [0.15, 0.2) is 0 Å². The third-order valence-electron chi connectivity index (χ3n) is 5.28. The van der Waals surface area contributed by atoms with Crippen molar-refractivity contribution in [1.82, 2.24) is 14.9 Å². The van der Waals surface area contributed by atoms with E-state index in [9.17, 15) is 9.59 Å². The van der Waals surface area contributed by atoms with Crippen LogP contribution in [0.1, 0.15) is 54.1 Å². The van der Waals surface area contributed by atoms with Crippen LogP contribution >= 0.6 is 0 Å². The summed E-state index contributed by atoms with van der Waals surface area (Å²) in [5.74, 6) is 0.683. The first-order valence-corrected chi connectivity index (χ1v) is 9.38. The molecule has 2 aromatic rings. The van der Waals surface area contributed by atoms with Crippen LogP contribution < -0.4 is 11.3 Å². The van der Waals surface area contributed by atoms with E-state index in [1.54, 1.807) is 11.8 Å². The van der Waals surface area contributed by atoms with Crippen molar-refractivity contribution in [2.45, 2.75) is 39.0 Å². The zero-order valence-corrected chi connectivity index (χ0v) is 16.5. The summed E-state index contributed by atoms with van der Waals surface area (Å²) in [6.45, 7) is 9.26. The summed E-state index contributed by atoms with van der Waals surface area (Å²) in [6.07, 6.45) is 0. The average molecular weight is 368 g/mol. The molecule has 144 valence electrons. The standard InChI is InChI=1S/C21H28N4O2/c1-13-17(18(26)24-20(23-13)21(2,3)4)19(27)25-11-15(10-22)16(12-25)14-8-6-5-7-9-14/h5-9,15-16H,10-12,22H2,1-4H3,(H,23,24,26)/t15-,16+/m1/s1. The number of benzene rings is 1. The van der Waals surface area contributed by atoms with Crippen LogP contribution in [-0.2, 0) is 5.41 Å². The molecular weight excluding hydrogens is 340 g/mol. The van der Waals surface area contributed by atoms with Gasteiger partial charge in [-0.1, -0.05) is 51.1 Å². The predicted octanol–water partition coefficient (Wildman–Crippen LogP) is 2.19. The molecule has 2 atom stereocenters. The number of likely N-dealkylation sites (tertiary alicyclic amines) is 1. The Morgan fingerprint density at radius 3 is 2.48 bits per heavy atom. The SMILES string of the molecule is Cc1nc(C(C)(C)C)[nH]c(=O)c1C(=O)N1C[C@@H](CN)[C@H](c2ccccc2)C1. The monoisotopic (exact) mass is 368 g/mol. The number of aryl methyl sites for hydroxylation is 1. The van der Waals surface area contributed by atoms with Gasteiger partial charge in [0.25, 0.3) is 11.5 Å². The Morgan fingerprint density at radius 1 is 1.26 bits per heavy atom. The smallest absolute Gasteiger partial charge is 0.264 e. The molecule has 3 N–H and O–H groups in total. The summed E-state index contributed by atoms with van der Waals surface area (Å²) in [5, 5.41) is 0. The van der Waals surface area contributed by atoms with Gasteiger partial charge in [-0.25, -0.2) is 4.98 Å². The highest BCUT2D eigenvalue weighted by molar-refractivity contribution is 5.95. The lowest BCUT2D eigenvalue weighted by atomic mass is 9.89. The minimum absolute atomic E-state index is 0.132. The lowest BCUT2D eigenvalue weighted by molar-refractivity contribution is 0.0783. The van der Waals surface area contributed by atoms with E-state index in [0.29, 0.717) is 31.2 Å². The molecule has 0 spiro atoms. The topological polar surface area (TPSA) is 92.1 Å². The molecule has 0 unspecified atom stereocenters. The number of aromatic nitrogens is 2. The third-order valence-corrected chi connectivity index (χ3v) is 5.28. The van der Waals surface area contributed by atoms with Gasteiger partial charge in [-0.3, -0.25) is 9.59 Å². The molecule has 0 saturated carbocycles. The fourth-order valence-electron chi connectivity index (χ4n) is 3.70. The number of hydrogen-bond acceptors (Lipinski definition) is 4. The number of carbonyl (C=O) groups is 1. The molecule has 1 aromatic carbocycles. The van der Waals surface area contributed by atoms with E-state index in [1.807, 2.05) is 39.0 Å². The fraction of sp³-hybridized carbons (Fsp3) is 0.476. The van der Waals surface area contributed by atoms with Gasteiger partial charge >= 0.3 is 0 Å². The van der Waals surface area contributed by atoms with E-state index in [1.165, 1.54) is 5.56 Å². The molecule has 1 aliphatic rings. The van der Waals surface area contributed by atoms with Crippen molar-refractivity contribution in [2.24, 2.45) is 11.7 Å². The van der Waals surface area contributed by atoms with Gasteiger partial charge in [-0.05, 0) is 24.9 Å². The van der Waals surface area contributed by atoms with Crippen molar-refractivity contribution in [1.29, 1.82) is 0 Å². The maximum atomic E-state index is 13.1. The van der Waals surface area contributed by atoms with Gasteiger partial charge in [-0.2, -0.15) is 0 Å². The van der Waals surface area contributed by atoms with Gasteiger partial charge in [-0.15, -0.1) is 0 Å². The first-order valence-electron chi connectivity index (χ1n) is 9.38. The number of hydrogen-bond donors (Lipinski definition) is 2. The highest BCUT2D eigenvalue weighted by atomic mass is 16.2. The Morgan fingerprint density at radius 2 is 1.93 bits per heavy atom. The number of rotatable bonds is 3. The number of nitrogens with two attached hydrogens (primary N) is 1. The number of nitrogens with zero attached hydrogens (tertiary/aromatic N) is 2. The molecule has 6 nitrogen and oxygen atoms in total. The molecule has 1 aromatic heterocycles. The molecule has 1 saturated heterocycles. The summed E-state index contributed by atoms with van der Waals surface area (Å²) in [6, 6.07) is 10.1. The van der Waals surface area contributed by atoms with Crippen LogP contribution in [0.15, 0.2) is 35.1 Å². The normalized spacial score (nSPS) is 20.1. The number of nitrogens with one attached hydrogen (secondary N) is 1. The molecule has 1 fully saturated rings. The quantitative estimate of drug-likeness (QED) is 0.869. The van der Waals surface area contributed by atoms with Gasteiger partial charge < -0.3 is 15.6 Å². The molecule has 2 heterocycles. The van der Waals surface area contributed by atoms with E-state index >= 15 is 0 Å². The summed E-state index contributed by atoms with van der Waals surface area (Å²) >= 11 is 0. The maximum Gasteiger partial charge on any atom is 0.264 e. The minimum Gasteiger partial charge on any atom is -0.337 e. The van der Waals surface area contributed by atoms with Crippen LogP contribution in [-0.4, -0.2) is 40.4 Å². The molecule has 1 amide bonds. The molecule has 3 rings (SSSR count). The first kappa shape index (κ1) is 19.3. The summed E-state index contributed by atoms with van der Waals surface area (Å²) in [7, 11) is 0. The Hall–Kier alpha value is -2.47. The van der Waals surface area contributed by atoms with Crippen LogP contribution in [0, 0.1) is 12.8 Å². The van der Waals surface area contributed by atoms with Gasteiger partial charge in [0.05, 0.1) is 5.69 Å². The van der Waals surface area contributed by atoms with Crippen LogP contribution in [0.5, 0.6) is 0 Å². The lowest BCUT2D eigenvalue weighted by Gasteiger charge is -2.20. The van der Waals surface area contributed by atoms with Crippen LogP contribution in [0.3, 0.4) is 0 Å². The number of carbonyl (C=O) groups excluding carboxylic acids is 1. The van der Waals surface area contributed by atoms with Crippen molar-refractivity contribution < 1.29 is 4.79 Å². The van der Waals surface area contributed by atoms with E-state index in [0.717, 1.165) is 0 Å². The Balaban J connectivity index is 1.90. The predicted molar refractivity (Wildman–Crippen MR) is 106 cm³/mol. The molecule has 6 heteroatoms. The zero-order valence-electron chi connectivity index (χ0n) is 16.5. The Labute approximate surface area is 159 Å². The highest BCUT2D eigenvalue weighted by Gasteiger charge is 2.37. The highest BCUT2D eigenvalue weighted by Crippen LogP contribution is 2.32. The second-order valence-electron chi connectivity index (χ2n) is 8.35. The van der Waals surface area contributed by atoms with Crippen molar-refractivity contribution in [2.75, 3.05) is 19.6 Å². The van der Waals surface area contributed by atoms with Crippen molar-refractivity contribution in [3.8, 4) is 0 Å². The minimum atomic E-state index is -0.370. The van der Waals surface area contributed by atoms with Crippen LogP contribution in [0.2, 0.25) is 0 Å². The molecule has 0 bridgehead atoms. The summed E-state index contributed by atoms with van der Waals surface area (Å²) in [4.78, 5) is 34.8. The van der Waals surface area contributed by atoms with E-state index in [-0.39, 0.29) is 34.3 Å².